The van der Waals surface area contributed by atoms with Crippen LogP contribution >= 0.6 is 0 Å². The van der Waals surface area contributed by atoms with Crippen LogP contribution in [0.25, 0.3) is 0 Å². The molecule has 7 heteroatoms. The lowest BCUT2D eigenvalue weighted by molar-refractivity contribution is -0.126. The standard InChI is InChI=1S/C16H20N2O5/c1-11(22-15(20)12-6-5-9-17-10-12)23-16(21)18(2)13-7-3-4-8-14(13)19/h5-6,9-11,13H,3-4,7-8H2,1-2H3/t11?,13-/m1/s1. The van der Waals surface area contributed by atoms with Crippen molar-refractivity contribution in [2.24, 2.45) is 0 Å². The minimum absolute atomic E-state index is 0.0377. The fraction of sp³-hybridized carbons (Fsp3) is 0.500. The third kappa shape index (κ3) is 4.51. The summed E-state index contributed by atoms with van der Waals surface area (Å²) in [4.78, 5) is 40.8. The van der Waals surface area contributed by atoms with Crippen molar-refractivity contribution in [3.8, 4) is 0 Å². The van der Waals surface area contributed by atoms with Gasteiger partial charge >= 0.3 is 12.1 Å². The number of carbonyl (C=O) groups excluding carboxylic acids is 3. The number of ketones is 1. The highest BCUT2D eigenvalue weighted by Gasteiger charge is 2.30. The summed E-state index contributed by atoms with van der Waals surface area (Å²) in [7, 11) is 1.52. The van der Waals surface area contributed by atoms with Gasteiger partial charge in [-0.2, -0.15) is 0 Å². The maximum absolute atomic E-state index is 12.1. The molecule has 2 rings (SSSR count). The average Bonchev–Trinajstić information content (AvgIpc) is 2.55. The van der Waals surface area contributed by atoms with Crippen LogP contribution in [-0.2, 0) is 14.3 Å². The van der Waals surface area contributed by atoms with Crippen molar-refractivity contribution in [3.63, 3.8) is 0 Å². The third-order valence-corrected chi connectivity index (χ3v) is 3.71. The van der Waals surface area contributed by atoms with Crippen LogP contribution in [0.1, 0.15) is 43.0 Å². The number of pyridine rings is 1. The molecular formula is C16H20N2O5. The maximum Gasteiger partial charge on any atom is 0.413 e. The van der Waals surface area contributed by atoms with Crippen LogP contribution in [0.2, 0.25) is 0 Å². The molecule has 1 fully saturated rings. The van der Waals surface area contributed by atoms with Crippen molar-refractivity contribution in [3.05, 3.63) is 30.1 Å². The van der Waals surface area contributed by atoms with Crippen LogP contribution < -0.4 is 0 Å². The van der Waals surface area contributed by atoms with Crippen LogP contribution in [0.15, 0.2) is 24.5 Å². The number of hydrogen-bond acceptors (Lipinski definition) is 6. The Bertz CT molecular complexity index is 575. The first-order chi connectivity index (χ1) is 11.0. The predicted octanol–water partition coefficient (Wildman–Crippen LogP) is 2.16. The molecule has 1 unspecified atom stereocenters. The first-order valence-corrected chi connectivity index (χ1v) is 7.56. The number of aromatic nitrogens is 1. The lowest BCUT2D eigenvalue weighted by Crippen LogP contribution is -2.45. The van der Waals surface area contributed by atoms with Gasteiger partial charge in [-0.05, 0) is 25.0 Å². The smallest absolute Gasteiger partial charge is 0.413 e. The summed E-state index contributed by atoms with van der Waals surface area (Å²) in [5.41, 5.74) is 0.270. The fourth-order valence-corrected chi connectivity index (χ4v) is 2.45. The first kappa shape index (κ1) is 16.9. The van der Waals surface area contributed by atoms with Crippen LogP contribution in [0.3, 0.4) is 0 Å². The van der Waals surface area contributed by atoms with E-state index in [2.05, 4.69) is 4.98 Å². The molecule has 0 saturated heterocycles. The molecule has 1 aromatic heterocycles. The summed E-state index contributed by atoms with van der Waals surface area (Å²) in [5.74, 6) is -0.592. The molecule has 1 heterocycles. The average molecular weight is 320 g/mol. The number of rotatable bonds is 4. The van der Waals surface area contributed by atoms with Crippen molar-refractivity contribution in [2.75, 3.05) is 7.05 Å². The first-order valence-electron chi connectivity index (χ1n) is 7.56. The van der Waals surface area contributed by atoms with Crippen LogP contribution in [0, 0.1) is 0 Å². The Morgan fingerprint density at radius 2 is 2.13 bits per heavy atom. The molecule has 23 heavy (non-hydrogen) atoms. The predicted molar refractivity (Wildman–Crippen MR) is 80.6 cm³/mol. The van der Waals surface area contributed by atoms with Gasteiger partial charge in [0.05, 0.1) is 11.6 Å². The van der Waals surface area contributed by atoms with Crippen molar-refractivity contribution in [2.45, 2.75) is 44.9 Å². The van der Waals surface area contributed by atoms with E-state index in [0.717, 1.165) is 12.8 Å². The van der Waals surface area contributed by atoms with E-state index in [1.165, 1.54) is 31.3 Å². The van der Waals surface area contributed by atoms with E-state index in [0.29, 0.717) is 12.8 Å². The van der Waals surface area contributed by atoms with Gasteiger partial charge < -0.3 is 14.4 Å². The number of carbonyl (C=O) groups is 3. The number of ether oxygens (including phenoxy) is 2. The molecule has 2 atom stereocenters. The molecule has 1 aliphatic rings. The second kappa shape index (κ2) is 7.71. The highest BCUT2D eigenvalue weighted by molar-refractivity contribution is 5.89. The molecule has 0 spiro atoms. The number of hydrogen-bond donors (Lipinski definition) is 0. The third-order valence-electron chi connectivity index (χ3n) is 3.71. The maximum atomic E-state index is 12.1. The van der Waals surface area contributed by atoms with Gasteiger partial charge in [0.15, 0.2) is 5.78 Å². The van der Waals surface area contributed by atoms with Crippen molar-refractivity contribution in [1.29, 1.82) is 0 Å². The molecule has 124 valence electrons. The van der Waals surface area contributed by atoms with Gasteiger partial charge in [-0.3, -0.25) is 9.78 Å². The van der Waals surface area contributed by atoms with E-state index >= 15 is 0 Å². The van der Waals surface area contributed by atoms with E-state index in [9.17, 15) is 14.4 Å². The van der Waals surface area contributed by atoms with Crippen LogP contribution in [0.4, 0.5) is 4.79 Å². The summed E-state index contributed by atoms with van der Waals surface area (Å²) in [5, 5.41) is 0. The Balaban J connectivity index is 1.86. The van der Waals surface area contributed by atoms with E-state index in [1.54, 1.807) is 12.1 Å². The number of esters is 1. The lowest BCUT2D eigenvalue weighted by Gasteiger charge is -2.30. The molecule has 0 aromatic carbocycles. The largest absolute Gasteiger partial charge is 0.422 e. The number of Topliss-reactive ketones (excluding diaryl/α,β-unsaturated/α-hetero) is 1. The minimum atomic E-state index is -1.06. The molecule has 0 bridgehead atoms. The molecule has 1 saturated carbocycles. The second-order valence-corrected chi connectivity index (χ2v) is 5.44. The summed E-state index contributed by atoms with van der Waals surface area (Å²) in [6.45, 7) is 1.45. The van der Waals surface area contributed by atoms with Gasteiger partial charge in [-0.1, -0.05) is 6.42 Å². The SMILES string of the molecule is CC(OC(=O)c1cccnc1)OC(=O)N(C)[C@@H]1CCCCC1=O. The fourth-order valence-electron chi connectivity index (χ4n) is 2.45. The quantitative estimate of drug-likeness (QED) is 0.624. The summed E-state index contributed by atoms with van der Waals surface area (Å²) < 4.78 is 10.1. The highest BCUT2D eigenvalue weighted by atomic mass is 16.7. The summed E-state index contributed by atoms with van der Waals surface area (Å²) >= 11 is 0. The number of likely N-dealkylation sites (N-methyl/N-ethyl adjacent to an activating group) is 1. The van der Waals surface area contributed by atoms with Crippen molar-refractivity contribution >= 4 is 17.8 Å². The molecule has 1 aliphatic carbocycles. The molecule has 1 aromatic rings. The second-order valence-electron chi connectivity index (χ2n) is 5.44. The van der Waals surface area contributed by atoms with Gasteiger partial charge in [0.1, 0.15) is 0 Å². The molecule has 0 N–H and O–H groups in total. The van der Waals surface area contributed by atoms with Gasteiger partial charge in [-0.15, -0.1) is 0 Å². The Labute approximate surface area is 134 Å². The van der Waals surface area contributed by atoms with Gasteiger partial charge in [0, 0.05) is 32.8 Å². The molecule has 1 amide bonds. The number of nitrogens with zero attached hydrogens (tertiary/aromatic N) is 2. The monoisotopic (exact) mass is 320 g/mol. The topological polar surface area (TPSA) is 85.8 Å². The molecular weight excluding hydrogens is 300 g/mol. The van der Waals surface area contributed by atoms with Crippen molar-refractivity contribution in [1.82, 2.24) is 9.88 Å². The normalized spacial score (nSPS) is 18.9. The molecule has 7 nitrogen and oxygen atoms in total. The zero-order chi connectivity index (χ0) is 16.8. The zero-order valence-corrected chi connectivity index (χ0v) is 13.2. The minimum Gasteiger partial charge on any atom is -0.422 e. The Morgan fingerprint density at radius 3 is 2.78 bits per heavy atom. The van der Waals surface area contributed by atoms with E-state index in [1.807, 2.05) is 0 Å². The lowest BCUT2D eigenvalue weighted by atomic mass is 9.93. The van der Waals surface area contributed by atoms with Gasteiger partial charge in [0.25, 0.3) is 0 Å². The van der Waals surface area contributed by atoms with Crippen molar-refractivity contribution < 1.29 is 23.9 Å². The van der Waals surface area contributed by atoms with E-state index in [-0.39, 0.29) is 11.3 Å². The Kier molecular flexibility index (Phi) is 5.67. The zero-order valence-electron chi connectivity index (χ0n) is 13.2. The summed E-state index contributed by atoms with van der Waals surface area (Å²) in [6.07, 6.45) is 4.03. The van der Waals surface area contributed by atoms with Crippen LogP contribution in [-0.4, -0.2) is 47.1 Å². The van der Waals surface area contributed by atoms with Crippen LogP contribution in [0.5, 0.6) is 0 Å². The van der Waals surface area contributed by atoms with Gasteiger partial charge in [-0.25, -0.2) is 9.59 Å². The molecule has 0 aliphatic heterocycles. The molecule has 0 radical (unpaired) electrons. The highest BCUT2D eigenvalue weighted by Crippen LogP contribution is 2.19. The van der Waals surface area contributed by atoms with E-state index < -0.39 is 24.4 Å². The summed E-state index contributed by atoms with van der Waals surface area (Å²) in [6, 6.07) is 2.70. The van der Waals surface area contributed by atoms with Gasteiger partial charge in [0.2, 0.25) is 6.29 Å². The Morgan fingerprint density at radius 1 is 1.35 bits per heavy atom. The Hall–Kier alpha value is -2.44. The number of amides is 1. The van der Waals surface area contributed by atoms with E-state index in [4.69, 9.17) is 9.47 Å².